The molecule has 104 valence electrons. The molecule has 0 radical (unpaired) electrons. The average molecular weight is 261 g/mol. The van der Waals surface area contributed by atoms with Gasteiger partial charge in [-0.3, -0.25) is 4.79 Å². The van der Waals surface area contributed by atoms with Crippen LogP contribution in [0.3, 0.4) is 0 Å². The minimum absolute atomic E-state index is 0.0759. The largest absolute Gasteiger partial charge is 0.469 e. The smallest absolute Gasteiger partial charge is 0.310 e. The van der Waals surface area contributed by atoms with E-state index in [9.17, 15) is 4.79 Å². The number of ether oxygens (including phenoxy) is 1. The van der Waals surface area contributed by atoms with E-state index >= 15 is 0 Å². The van der Waals surface area contributed by atoms with Gasteiger partial charge >= 0.3 is 5.97 Å². The highest BCUT2D eigenvalue weighted by Crippen LogP contribution is 2.21. The summed E-state index contributed by atoms with van der Waals surface area (Å²) in [7, 11) is 1.48. The molecule has 0 aliphatic carbocycles. The Labute approximate surface area is 115 Å². The van der Waals surface area contributed by atoms with Crippen molar-refractivity contribution in [1.82, 2.24) is 5.32 Å². The van der Waals surface area contributed by atoms with Gasteiger partial charge in [0.25, 0.3) is 0 Å². The Balaban J connectivity index is 2.08. The summed E-state index contributed by atoms with van der Waals surface area (Å²) in [5.41, 5.74) is 2.45. The molecule has 1 aliphatic heterocycles. The van der Waals surface area contributed by atoms with Crippen molar-refractivity contribution < 1.29 is 9.53 Å². The lowest BCUT2D eigenvalue weighted by Crippen LogP contribution is -2.44. The van der Waals surface area contributed by atoms with Crippen molar-refractivity contribution in [2.24, 2.45) is 5.92 Å². The third-order valence-electron chi connectivity index (χ3n) is 3.91. The van der Waals surface area contributed by atoms with Crippen molar-refractivity contribution in [3.8, 4) is 0 Å². The minimum atomic E-state index is -0.0972. The molecule has 1 fully saturated rings. The van der Waals surface area contributed by atoms with Crippen molar-refractivity contribution in [2.75, 3.05) is 13.7 Å². The SMILES string of the molecule is COC(=O)[C@H](Cc1ccc(C)cc1)C1CCCCN1. The number of piperidine rings is 1. The van der Waals surface area contributed by atoms with Gasteiger partial charge in [0, 0.05) is 6.04 Å². The lowest BCUT2D eigenvalue weighted by atomic mass is 9.87. The monoisotopic (exact) mass is 261 g/mol. The van der Waals surface area contributed by atoms with Crippen LogP contribution in [0.1, 0.15) is 30.4 Å². The maximum Gasteiger partial charge on any atom is 0.310 e. The number of esters is 1. The van der Waals surface area contributed by atoms with Crippen molar-refractivity contribution in [2.45, 2.75) is 38.6 Å². The van der Waals surface area contributed by atoms with Crippen LogP contribution in [0.15, 0.2) is 24.3 Å². The van der Waals surface area contributed by atoms with Crippen LogP contribution in [0.4, 0.5) is 0 Å². The van der Waals surface area contributed by atoms with Crippen LogP contribution >= 0.6 is 0 Å². The molecule has 0 bridgehead atoms. The van der Waals surface area contributed by atoms with Crippen molar-refractivity contribution in [1.29, 1.82) is 0 Å². The molecule has 2 atom stereocenters. The van der Waals surface area contributed by atoms with E-state index in [2.05, 4.69) is 36.5 Å². The number of nitrogens with one attached hydrogen (secondary N) is 1. The van der Waals surface area contributed by atoms with Crippen LogP contribution in [-0.2, 0) is 16.0 Å². The summed E-state index contributed by atoms with van der Waals surface area (Å²) < 4.78 is 4.98. The fourth-order valence-electron chi connectivity index (χ4n) is 2.74. The predicted molar refractivity (Wildman–Crippen MR) is 76.0 cm³/mol. The van der Waals surface area contributed by atoms with Crippen molar-refractivity contribution >= 4 is 5.97 Å². The molecule has 1 heterocycles. The zero-order valence-electron chi connectivity index (χ0n) is 11.8. The molecule has 0 spiro atoms. The Bertz CT molecular complexity index is 407. The third kappa shape index (κ3) is 3.80. The van der Waals surface area contributed by atoms with Gasteiger partial charge in [0.15, 0.2) is 0 Å². The first-order valence-electron chi connectivity index (χ1n) is 7.07. The standard InChI is InChI=1S/C16H23NO2/c1-12-6-8-13(9-7-12)11-14(16(18)19-2)15-5-3-4-10-17-15/h6-9,14-15,17H,3-5,10-11H2,1-2H3/t14-,15?/m1/s1. The third-order valence-corrected chi connectivity index (χ3v) is 3.91. The Morgan fingerprint density at radius 3 is 2.68 bits per heavy atom. The Morgan fingerprint density at radius 2 is 2.11 bits per heavy atom. The highest BCUT2D eigenvalue weighted by molar-refractivity contribution is 5.73. The summed E-state index contributed by atoms with van der Waals surface area (Å²) >= 11 is 0. The maximum atomic E-state index is 12.0. The van der Waals surface area contributed by atoms with Crippen LogP contribution in [0, 0.1) is 12.8 Å². The number of carbonyl (C=O) groups is 1. The number of carbonyl (C=O) groups excluding carboxylic acids is 1. The number of rotatable bonds is 4. The van der Waals surface area contributed by atoms with E-state index < -0.39 is 0 Å². The lowest BCUT2D eigenvalue weighted by molar-refractivity contribution is -0.146. The second kappa shape index (κ2) is 6.71. The summed E-state index contributed by atoms with van der Waals surface area (Å²) in [4.78, 5) is 12.0. The Hall–Kier alpha value is -1.35. The first-order valence-corrected chi connectivity index (χ1v) is 7.07. The Kier molecular flexibility index (Phi) is 4.97. The number of aryl methyl sites for hydroxylation is 1. The lowest BCUT2D eigenvalue weighted by Gasteiger charge is -2.29. The maximum absolute atomic E-state index is 12.0. The first-order chi connectivity index (χ1) is 9.20. The van der Waals surface area contributed by atoms with E-state index in [1.165, 1.54) is 31.1 Å². The van der Waals surface area contributed by atoms with E-state index in [0.717, 1.165) is 19.4 Å². The van der Waals surface area contributed by atoms with E-state index in [4.69, 9.17) is 4.74 Å². The summed E-state index contributed by atoms with van der Waals surface area (Å²) in [6.07, 6.45) is 4.21. The van der Waals surface area contributed by atoms with Crippen molar-refractivity contribution in [3.05, 3.63) is 35.4 Å². The average Bonchev–Trinajstić information content (AvgIpc) is 2.47. The molecule has 0 saturated carbocycles. The molecule has 3 heteroatoms. The van der Waals surface area contributed by atoms with Crippen LogP contribution in [0.25, 0.3) is 0 Å². The van der Waals surface area contributed by atoms with Crippen LogP contribution in [0.5, 0.6) is 0 Å². The fraction of sp³-hybridized carbons (Fsp3) is 0.562. The quantitative estimate of drug-likeness (QED) is 0.846. The van der Waals surface area contributed by atoms with Gasteiger partial charge in [-0.15, -0.1) is 0 Å². The fourth-order valence-corrected chi connectivity index (χ4v) is 2.74. The van der Waals surface area contributed by atoms with Crippen LogP contribution in [0.2, 0.25) is 0 Å². The van der Waals surface area contributed by atoms with Gasteiger partial charge < -0.3 is 10.1 Å². The van der Waals surface area contributed by atoms with Crippen LogP contribution in [-0.4, -0.2) is 25.7 Å². The molecule has 19 heavy (non-hydrogen) atoms. The zero-order chi connectivity index (χ0) is 13.7. The van der Waals surface area contributed by atoms with Crippen molar-refractivity contribution in [3.63, 3.8) is 0 Å². The van der Waals surface area contributed by atoms with Crippen LogP contribution < -0.4 is 5.32 Å². The number of methoxy groups -OCH3 is 1. The molecule has 1 aliphatic rings. The molecule has 1 saturated heterocycles. The van der Waals surface area contributed by atoms with E-state index in [1.54, 1.807) is 0 Å². The molecule has 1 N–H and O–H groups in total. The topological polar surface area (TPSA) is 38.3 Å². The summed E-state index contributed by atoms with van der Waals surface area (Å²) in [5, 5.41) is 3.47. The molecular weight excluding hydrogens is 238 g/mol. The molecule has 1 unspecified atom stereocenters. The van der Waals surface area contributed by atoms with E-state index in [-0.39, 0.29) is 17.9 Å². The predicted octanol–water partition coefficient (Wildman–Crippen LogP) is 2.47. The molecule has 0 aromatic heterocycles. The van der Waals surface area contributed by atoms with Gasteiger partial charge in [-0.2, -0.15) is 0 Å². The minimum Gasteiger partial charge on any atom is -0.469 e. The number of benzene rings is 1. The van der Waals surface area contributed by atoms with E-state index in [0.29, 0.717) is 0 Å². The van der Waals surface area contributed by atoms with E-state index in [1.807, 2.05) is 0 Å². The highest BCUT2D eigenvalue weighted by Gasteiger charge is 2.30. The van der Waals surface area contributed by atoms with Gasteiger partial charge in [0.05, 0.1) is 13.0 Å². The molecule has 3 nitrogen and oxygen atoms in total. The van der Waals surface area contributed by atoms with Gasteiger partial charge in [-0.1, -0.05) is 36.2 Å². The Morgan fingerprint density at radius 1 is 1.37 bits per heavy atom. The second-order valence-corrected chi connectivity index (χ2v) is 5.38. The summed E-state index contributed by atoms with van der Waals surface area (Å²) in [6.45, 7) is 3.08. The molecule has 1 aromatic rings. The highest BCUT2D eigenvalue weighted by atomic mass is 16.5. The summed E-state index contributed by atoms with van der Waals surface area (Å²) in [6, 6.07) is 8.65. The van der Waals surface area contributed by atoms with Gasteiger partial charge in [-0.25, -0.2) is 0 Å². The number of hydrogen-bond acceptors (Lipinski definition) is 3. The summed E-state index contributed by atoms with van der Waals surface area (Å²) in [5.74, 6) is -0.173. The van der Waals surface area contributed by atoms with Gasteiger partial charge in [0.2, 0.25) is 0 Å². The van der Waals surface area contributed by atoms with Gasteiger partial charge in [0.1, 0.15) is 0 Å². The van der Waals surface area contributed by atoms with Gasteiger partial charge in [-0.05, 0) is 38.3 Å². The molecule has 1 aromatic carbocycles. The molecular formula is C16H23NO2. The second-order valence-electron chi connectivity index (χ2n) is 5.38. The molecule has 2 rings (SSSR count). The normalized spacial score (nSPS) is 20.8. The molecule has 0 amide bonds. The number of hydrogen-bond donors (Lipinski definition) is 1. The first kappa shape index (κ1) is 14.1. The zero-order valence-corrected chi connectivity index (χ0v) is 11.8.